The first kappa shape index (κ1) is 14.3. The number of nitrogens with one attached hydrogen (secondary N) is 3. The summed E-state index contributed by atoms with van der Waals surface area (Å²) >= 11 is 0. The smallest absolute Gasteiger partial charge is 0.198 e. The number of pyridine rings is 1. The van der Waals surface area contributed by atoms with E-state index in [9.17, 15) is 4.79 Å². The Morgan fingerprint density at radius 1 is 1.10 bits per heavy atom. The van der Waals surface area contributed by atoms with Crippen molar-refractivity contribution in [2.24, 2.45) is 0 Å². The zero-order chi connectivity index (χ0) is 14.8. The predicted octanol–water partition coefficient (Wildman–Crippen LogP) is -0.860. The van der Waals surface area contributed by atoms with Crippen LogP contribution in [0.2, 0.25) is 0 Å². The van der Waals surface area contributed by atoms with E-state index in [1.807, 2.05) is 31.2 Å². The zero-order valence-corrected chi connectivity index (χ0v) is 13.0. The fourth-order valence-corrected chi connectivity index (χ4v) is 3.35. The summed E-state index contributed by atoms with van der Waals surface area (Å²) in [5, 5.41) is 0.815. The van der Waals surface area contributed by atoms with Crippen molar-refractivity contribution in [3.8, 4) is 0 Å². The molecule has 0 amide bonds. The molecule has 0 unspecified atom stereocenters. The maximum atomic E-state index is 12.7. The largest absolute Gasteiger partial charge is 0.358 e. The zero-order valence-electron chi connectivity index (χ0n) is 13.0. The Morgan fingerprint density at radius 2 is 1.76 bits per heavy atom. The van der Waals surface area contributed by atoms with Crippen LogP contribution in [0.4, 0.5) is 0 Å². The quantitative estimate of drug-likeness (QED) is 0.676. The Balaban J connectivity index is 1.86. The summed E-state index contributed by atoms with van der Waals surface area (Å²) in [6, 6.07) is 7.80. The van der Waals surface area contributed by atoms with Crippen LogP contribution in [-0.2, 0) is 6.54 Å². The molecule has 1 aliphatic heterocycles. The second kappa shape index (κ2) is 6.00. The molecular weight excluding hydrogens is 262 g/mol. The summed E-state index contributed by atoms with van der Waals surface area (Å²) in [5.41, 5.74) is 3.14. The molecule has 2 aromatic rings. The SMILES string of the molecule is CC[NH+]1CC[NH+](Cc2c(C)[nH]c3ccccc3c2=O)CC1. The number of quaternary nitrogens is 2. The Morgan fingerprint density at radius 3 is 2.48 bits per heavy atom. The van der Waals surface area contributed by atoms with Crippen molar-refractivity contribution < 1.29 is 9.80 Å². The summed E-state index contributed by atoms with van der Waals surface area (Å²) in [4.78, 5) is 19.3. The molecule has 0 bridgehead atoms. The van der Waals surface area contributed by atoms with Crippen LogP contribution >= 0.6 is 0 Å². The molecule has 4 heteroatoms. The number of rotatable bonds is 3. The van der Waals surface area contributed by atoms with Gasteiger partial charge in [0.15, 0.2) is 5.43 Å². The molecule has 4 nitrogen and oxygen atoms in total. The van der Waals surface area contributed by atoms with Gasteiger partial charge in [-0.15, -0.1) is 0 Å². The average Bonchev–Trinajstić information content (AvgIpc) is 2.52. The molecule has 21 heavy (non-hydrogen) atoms. The number of piperazine rings is 1. The number of hydrogen-bond acceptors (Lipinski definition) is 1. The fourth-order valence-electron chi connectivity index (χ4n) is 3.35. The van der Waals surface area contributed by atoms with Gasteiger partial charge < -0.3 is 14.8 Å². The third-order valence-corrected chi connectivity index (χ3v) is 4.81. The minimum Gasteiger partial charge on any atom is -0.358 e. The van der Waals surface area contributed by atoms with E-state index in [1.165, 1.54) is 24.5 Å². The highest BCUT2D eigenvalue weighted by Crippen LogP contribution is 2.10. The number of para-hydroxylation sites is 1. The normalized spacial score (nSPS) is 22.6. The van der Waals surface area contributed by atoms with Crippen LogP contribution in [0.25, 0.3) is 10.9 Å². The Labute approximate surface area is 125 Å². The summed E-state index contributed by atoms with van der Waals surface area (Å²) in [7, 11) is 0. The first-order chi connectivity index (χ1) is 10.2. The molecule has 0 radical (unpaired) electrons. The van der Waals surface area contributed by atoms with E-state index in [0.29, 0.717) is 0 Å². The van der Waals surface area contributed by atoms with E-state index < -0.39 is 0 Å². The van der Waals surface area contributed by atoms with Gasteiger partial charge in [0.25, 0.3) is 0 Å². The molecule has 1 aromatic carbocycles. The summed E-state index contributed by atoms with van der Waals surface area (Å²) in [6.45, 7) is 11.1. The molecule has 0 aliphatic carbocycles. The number of aryl methyl sites for hydroxylation is 1. The van der Waals surface area contributed by atoms with Crippen LogP contribution in [0.15, 0.2) is 29.1 Å². The Kier molecular flexibility index (Phi) is 4.08. The molecule has 2 heterocycles. The Hall–Kier alpha value is -1.65. The number of aromatic nitrogens is 1. The second-order valence-electron chi connectivity index (χ2n) is 6.13. The highest BCUT2D eigenvalue weighted by atomic mass is 16.1. The average molecular weight is 287 g/mol. The minimum atomic E-state index is 0.208. The van der Waals surface area contributed by atoms with E-state index in [2.05, 4.69) is 11.9 Å². The third kappa shape index (κ3) is 2.87. The van der Waals surface area contributed by atoms with Crippen molar-refractivity contribution in [2.45, 2.75) is 20.4 Å². The Bertz CT molecular complexity index is 684. The first-order valence-electron chi connectivity index (χ1n) is 7.96. The number of aromatic amines is 1. The van der Waals surface area contributed by atoms with E-state index in [1.54, 1.807) is 4.90 Å². The molecule has 112 valence electrons. The molecule has 1 saturated heterocycles. The monoisotopic (exact) mass is 287 g/mol. The van der Waals surface area contributed by atoms with E-state index in [0.717, 1.165) is 41.8 Å². The van der Waals surface area contributed by atoms with Crippen LogP contribution in [0.5, 0.6) is 0 Å². The van der Waals surface area contributed by atoms with Crippen molar-refractivity contribution in [2.75, 3.05) is 32.7 Å². The minimum absolute atomic E-state index is 0.208. The fraction of sp³-hybridized carbons (Fsp3) is 0.471. The number of H-pyrrole nitrogens is 1. The predicted molar refractivity (Wildman–Crippen MR) is 84.9 cm³/mol. The van der Waals surface area contributed by atoms with Crippen LogP contribution in [-0.4, -0.2) is 37.7 Å². The van der Waals surface area contributed by atoms with Gasteiger partial charge in [-0.1, -0.05) is 12.1 Å². The van der Waals surface area contributed by atoms with Crippen molar-refractivity contribution >= 4 is 10.9 Å². The van der Waals surface area contributed by atoms with E-state index >= 15 is 0 Å². The lowest BCUT2D eigenvalue weighted by Crippen LogP contribution is -3.27. The molecule has 1 fully saturated rings. The molecule has 1 aliphatic rings. The lowest BCUT2D eigenvalue weighted by molar-refractivity contribution is -1.02. The highest BCUT2D eigenvalue weighted by molar-refractivity contribution is 5.79. The lowest BCUT2D eigenvalue weighted by Gasteiger charge is -2.29. The summed E-state index contributed by atoms with van der Waals surface area (Å²) < 4.78 is 0. The molecule has 0 spiro atoms. The standard InChI is InChI=1S/C17H23N3O/c1-3-19-8-10-20(11-9-19)12-15-13(2)18-16-7-5-4-6-14(16)17(15)21/h4-7H,3,8-12H2,1-2H3,(H,18,21)/p+2. The lowest BCUT2D eigenvalue weighted by atomic mass is 10.1. The van der Waals surface area contributed by atoms with Crippen molar-refractivity contribution in [1.82, 2.24) is 4.98 Å². The van der Waals surface area contributed by atoms with Gasteiger partial charge in [0.1, 0.15) is 32.7 Å². The van der Waals surface area contributed by atoms with Crippen LogP contribution in [0, 0.1) is 6.92 Å². The van der Waals surface area contributed by atoms with Gasteiger partial charge in [-0.2, -0.15) is 0 Å². The van der Waals surface area contributed by atoms with Crippen molar-refractivity contribution in [3.63, 3.8) is 0 Å². The van der Waals surface area contributed by atoms with Gasteiger partial charge in [-0.25, -0.2) is 0 Å². The maximum Gasteiger partial charge on any atom is 0.198 e. The third-order valence-electron chi connectivity index (χ3n) is 4.81. The van der Waals surface area contributed by atoms with Crippen LogP contribution in [0.1, 0.15) is 18.2 Å². The molecule has 0 saturated carbocycles. The first-order valence-corrected chi connectivity index (χ1v) is 7.96. The molecular formula is C17H25N3O+2. The summed E-state index contributed by atoms with van der Waals surface area (Å²) in [6.07, 6.45) is 0. The van der Waals surface area contributed by atoms with E-state index in [-0.39, 0.29) is 5.43 Å². The maximum absolute atomic E-state index is 12.7. The topological polar surface area (TPSA) is 41.7 Å². The molecule has 0 atom stereocenters. The van der Waals surface area contributed by atoms with Crippen LogP contribution < -0.4 is 15.2 Å². The van der Waals surface area contributed by atoms with Gasteiger partial charge in [-0.05, 0) is 26.0 Å². The van der Waals surface area contributed by atoms with Gasteiger partial charge in [-0.3, -0.25) is 4.79 Å². The van der Waals surface area contributed by atoms with Crippen molar-refractivity contribution in [1.29, 1.82) is 0 Å². The number of hydrogen-bond donors (Lipinski definition) is 3. The number of benzene rings is 1. The number of fused-ring (bicyclic) bond motifs is 1. The highest BCUT2D eigenvalue weighted by Gasteiger charge is 2.23. The van der Waals surface area contributed by atoms with Gasteiger partial charge in [0, 0.05) is 16.6 Å². The molecule has 3 N–H and O–H groups in total. The number of likely N-dealkylation sites (N-methyl/N-ethyl adjacent to an activating group) is 1. The molecule has 3 rings (SSSR count). The van der Waals surface area contributed by atoms with Gasteiger partial charge in [0.05, 0.1) is 12.1 Å². The molecule has 1 aromatic heterocycles. The summed E-state index contributed by atoms with van der Waals surface area (Å²) in [5.74, 6) is 0. The van der Waals surface area contributed by atoms with Gasteiger partial charge >= 0.3 is 0 Å². The van der Waals surface area contributed by atoms with Crippen LogP contribution in [0.3, 0.4) is 0 Å². The van der Waals surface area contributed by atoms with E-state index in [4.69, 9.17) is 0 Å². The van der Waals surface area contributed by atoms with Gasteiger partial charge in [0.2, 0.25) is 0 Å². The second-order valence-corrected chi connectivity index (χ2v) is 6.13. The van der Waals surface area contributed by atoms with Crippen molar-refractivity contribution in [3.05, 3.63) is 45.7 Å².